The fourth-order valence-corrected chi connectivity index (χ4v) is 6.81. The summed E-state index contributed by atoms with van der Waals surface area (Å²) >= 11 is 9.50. The van der Waals surface area contributed by atoms with Crippen LogP contribution < -0.4 is 29.1 Å². The highest BCUT2D eigenvalue weighted by Crippen LogP contribution is 2.37. The topological polar surface area (TPSA) is 88.4 Å². The highest BCUT2D eigenvalue weighted by molar-refractivity contribution is 14.1. The number of carbonyl (C=O) groups excluding carboxylic acids is 1. The van der Waals surface area contributed by atoms with E-state index in [9.17, 15) is 9.59 Å². The predicted octanol–water partition coefficient (Wildman–Crippen LogP) is 6.43. The highest BCUT2D eigenvalue weighted by atomic mass is 127. The van der Waals surface area contributed by atoms with Gasteiger partial charge in [0.25, 0.3) is 5.56 Å². The third-order valence-electron chi connectivity index (χ3n) is 6.94. The molecule has 5 rings (SSSR count). The Bertz CT molecular complexity index is 1950. The molecule has 4 aromatic rings. The van der Waals surface area contributed by atoms with Gasteiger partial charge in [-0.2, -0.15) is 0 Å². The number of fused-ring (bicyclic) bond motifs is 1. The lowest BCUT2D eigenvalue weighted by molar-refractivity contribution is -0.139. The second kappa shape index (κ2) is 14.2. The van der Waals surface area contributed by atoms with Gasteiger partial charge in [0.15, 0.2) is 16.3 Å². The number of thiazole rings is 1. The van der Waals surface area contributed by atoms with Crippen molar-refractivity contribution in [1.82, 2.24) is 4.57 Å². The van der Waals surface area contributed by atoms with E-state index in [4.69, 9.17) is 35.5 Å². The third kappa shape index (κ3) is 7.13. The SMILES string of the molecule is CCOC(=O)C1=C(C)N=c2s/c(=C\c3cc(I)cc(OC)c3OCc3ccc(Cl)cc3)c(=O)n2[C@@H]1c1ccccc1OC(C)C. The summed E-state index contributed by atoms with van der Waals surface area (Å²) in [6.07, 6.45) is 1.66. The Hall–Kier alpha value is -3.61. The number of carbonyl (C=O) groups is 1. The van der Waals surface area contributed by atoms with Gasteiger partial charge in [-0.25, -0.2) is 9.79 Å². The molecule has 0 spiro atoms. The molecule has 11 heteroatoms. The Morgan fingerprint density at radius 3 is 2.56 bits per heavy atom. The first-order valence-electron chi connectivity index (χ1n) is 14.3. The maximum absolute atomic E-state index is 14.3. The number of aromatic nitrogens is 1. The van der Waals surface area contributed by atoms with Crippen LogP contribution in [0.3, 0.4) is 0 Å². The van der Waals surface area contributed by atoms with E-state index in [0.29, 0.717) is 54.0 Å². The zero-order valence-corrected chi connectivity index (χ0v) is 29.2. The molecule has 1 atom stereocenters. The first-order valence-corrected chi connectivity index (χ1v) is 16.6. The van der Waals surface area contributed by atoms with Crippen molar-refractivity contribution in [2.24, 2.45) is 4.99 Å². The predicted molar refractivity (Wildman–Crippen MR) is 184 cm³/mol. The van der Waals surface area contributed by atoms with Crippen molar-refractivity contribution < 1.29 is 23.7 Å². The molecule has 234 valence electrons. The molecule has 0 fully saturated rings. The van der Waals surface area contributed by atoms with E-state index in [0.717, 1.165) is 9.13 Å². The van der Waals surface area contributed by atoms with Crippen molar-refractivity contribution >= 4 is 57.6 Å². The fourth-order valence-electron chi connectivity index (χ4n) is 5.03. The molecule has 0 saturated heterocycles. The number of rotatable bonds is 10. The second-order valence-electron chi connectivity index (χ2n) is 10.4. The maximum atomic E-state index is 14.3. The summed E-state index contributed by atoms with van der Waals surface area (Å²) in [6, 6.07) is 17.8. The quantitative estimate of drug-likeness (QED) is 0.137. The molecule has 0 radical (unpaired) electrons. The molecule has 1 aliphatic rings. The Balaban J connectivity index is 1.69. The number of halogens is 2. The van der Waals surface area contributed by atoms with Gasteiger partial charge in [0, 0.05) is 19.7 Å². The molecule has 45 heavy (non-hydrogen) atoms. The Kier molecular flexibility index (Phi) is 10.4. The number of allylic oxidation sites excluding steroid dienone is 1. The lowest BCUT2D eigenvalue weighted by Gasteiger charge is -2.26. The van der Waals surface area contributed by atoms with E-state index < -0.39 is 12.0 Å². The Labute approximate surface area is 283 Å². The lowest BCUT2D eigenvalue weighted by atomic mass is 9.95. The van der Waals surface area contributed by atoms with Crippen molar-refractivity contribution in [3.05, 3.63) is 117 Å². The van der Waals surface area contributed by atoms with Crippen LogP contribution >= 0.6 is 45.5 Å². The van der Waals surface area contributed by atoms with Gasteiger partial charge >= 0.3 is 5.97 Å². The van der Waals surface area contributed by atoms with Crippen LogP contribution in [-0.4, -0.2) is 30.4 Å². The van der Waals surface area contributed by atoms with Gasteiger partial charge < -0.3 is 18.9 Å². The number of benzene rings is 3. The summed E-state index contributed by atoms with van der Waals surface area (Å²) in [5, 5.41) is 0.639. The van der Waals surface area contributed by atoms with Gasteiger partial charge in [-0.3, -0.25) is 9.36 Å². The molecule has 0 unspecified atom stereocenters. The van der Waals surface area contributed by atoms with E-state index in [2.05, 4.69) is 22.6 Å². The average molecular weight is 759 g/mol. The molecule has 0 amide bonds. The smallest absolute Gasteiger partial charge is 0.338 e. The molecule has 3 aromatic carbocycles. The van der Waals surface area contributed by atoms with Crippen LogP contribution in [0.15, 0.2) is 81.7 Å². The summed E-state index contributed by atoms with van der Waals surface area (Å²) in [4.78, 5) is 32.8. The van der Waals surface area contributed by atoms with Gasteiger partial charge in [0.2, 0.25) is 0 Å². The monoisotopic (exact) mass is 758 g/mol. The number of nitrogens with zero attached hydrogens (tertiary/aromatic N) is 2. The van der Waals surface area contributed by atoms with E-state index in [1.54, 1.807) is 43.7 Å². The second-order valence-corrected chi connectivity index (χ2v) is 13.1. The molecule has 1 aliphatic heterocycles. The molecular formula is C34H32ClIN2O6S. The molecule has 8 nitrogen and oxygen atoms in total. The van der Waals surface area contributed by atoms with Gasteiger partial charge in [-0.15, -0.1) is 0 Å². The molecule has 1 aromatic heterocycles. The van der Waals surface area contributed by atoms with Crippen LogP contribution in [0.2, 0.25) is 5.02 Å². The van der Waals surface area contributed by atoms with E-state index in [-0.39, 0.29) is 24.9 Å². The highest BCUT2D eigenvalue weighted by Gasteiger charge is 2.35. The van der Waals surface area contributed by atoms with Crippen molar-refractivity contribution in [3.8, 4) is 17.2 Å². The summed E-state index contributed by atoms with van der Waals surface area (Å²) in [7, 11) is 1.58. The van der Waals surface area contributed by atoms with Crippen LogP contribution in [-0.2, 0) is 16.1 Å². The number of hydrogen-bond donors (Lipinski definition) is 0. The minimum atomic E-state index is -0.802. The molecule has 0 saturated carbocycles. The van der Waals surface area contributed by atoms with Crippen molar-refractivity contribution in [2.45, 2.75) is 46.4 Å². The number of esters is 1. The summed E-state index contributed by atoms with van der Waals surface area (Å²) in [5.41, 5.74) is 2.72. The maximum Gasteiger partial charge on any atom is 0.338 e. The van der Waals surface area contributed by atoms with Crippen molar-refractivity contribution in [3.63, 3.8) is 0 Å². The first-order chi connectivity index (χ1) is 21.6. The van der Waals surface area contributed by atoms with Crippen molar-refractivity contribution in [2.75, 3.05) is 13.7 Å². The zero-order valence-electron chi connectivity index (χ0n) is 25.4. The van der Waals surface area contributed by atoms with Crippen LogP contribution in [0.25, 0.3) is 6.08 Å². The molecular weight excluding hydrogens is 727 g/mol. The average Bonchev–Trinajstić information content (AvgIpc) is 3.30. The Morgan fingerprint density at radius 1 is 1.13 bits per heavy atom. The largest absolute Gasteiger partial charge is 0.493 e. The standard InChI is InChI=1S/C34H32ClIN2O6S/c1-6-42-33(40)29-20(4)37-34-38(30(29)25-9-7-8-10-26(25)44-19(2)3)32(39)28(45-34)16-22-15-24(36)17-27(41-5)31(22)43-18-21-11-13-23(35)14-12-21/h7-17,19,30H,6,18H2,1-5H3/b28-16-/t30-/m1/s1. The van der Waals surface area contributed by atoms with E-state index in [1.807, 2.05) is 62.4 Å². The van der Waals surface area contributed by atoms with E-state index in [1.165, 1.54) is 11.3 Å². The van der Waals surface area contributed by atoms with E-state index >= 15 is 0 Å². The lowest BCUT2D eigenvalue weighted by Crippen LogP contribution is -2.40. The summed E-state index contributed by atoms with van der Waals surface area (Å²) in [5.74, 6) is 1.07. The van der Waals surface area contributed by atoms with Gasteiger partial charge in [-0.05, 0) is 92.3 Å². The van der Waals surface area contributed by atoms with Crippen LogP contribution in [0.4, 0.5) is 0 Å². The molecule has 0 bridgehead atoms. The number of hydrogen-bond acceptors (Lipinski definition) is 8. The number of methoxy groups -OCH3 is 1. The Morgan fingerprint density at radius 2 is 1.87 bits per heavy atom. The van der Waals surface area contributed by atoms with Crippen LogP contribution in [0.1, 0.15) is 50.4 Å². The first kappa shape index (κ1) is 32.8. The summed E-state index contributed by atoms with van der Waals surface area (Å²) < 4.78 is 26.4. The minimum absolute atomic E-state index is 0.125. The normalized spacial score (nSPS) is 14.7. The molecule has 0 aliphatic carbocycles. The van der Waals surface area contributed by atoms with Gasteiger partial charge in [-0.1, -0.05) is 53.3 Å². The number of para-hydroxylation sites is 1. The summed E-state index contributed by atoms with van der Waals surface area (Å²) in [6.45, 7) is 7.82. The van der Waals surface area contributed by atoms with Crippen LogP contribution in [0, 0.1) is 3.57 Å². The fraction of sp³-hybridized carbons (Fsp3) is 0.265. The zero-order chi connectivity index (χ0) is 32.2. The van der Waals surface area contributed by atoms with Gasteiger partial charge in [0.1, 0.15) is 18.4 Å². The van der Waals surface area contributed by atoms with Gasteiger partial charge in [0.05, 0.1) is 35.6 Å². The van der Waals surface area contributed by atoms with Crippen molar-refractivity contribution in [1.29, 1.82) is 0 Å². The molecule has 2 heterocycles. The third-order valence-corrected chi connectivity index (χ3v) is 8.80. The van der Waals surface area contributed by atoms with Crippen LogP contribution in [0.5, 0.6) is 17.2 Å². The number of ether oxygens (including phenoxy) is 4. The minimum Gasteiger partial charge on any atom is -0.493 e. The molecule has 0 N–H and O–H groups in total.